The monoisotopic (exact) mass is 513 g/mol. The molecule has 6 rings (SSSR count). The summed E-state index contributed by atoms with van der Waals surface area (Å²) in [6.07, 6.45) is 3.46. The molecule has 0 atom stereocenters. The van der Waals surface area contributed by atoms with Gasteiger partial charge in [0.1, 0.15) is 11.5 Å². The Morgan fingerprint density at radius 2 is 1.74 bits per heavy atom. The van der Waals surface area contributed by atoms with Crippen LogP contribution in [-0.2, 0) is 16.0 Å². The molecular formula is C30H31N3O5. The van der Waals surface area contributed by atoms with Crippen molar-refractivity contribution in [2.45, 2.75) is 25.2 Å². The van der Waals surface area contributed by atoms with Crippen LogP contribution in [0, 0.1) is 0 Å². The molecule has 0 unspecified atom stereocenters. The van der Waals surface area contributed by atoms with E-state index >= 15 is 0 Å². The standard InChI is InChI=1S/C30H31N3O5/c1-35-24-7-4-21(28(17-24)36-2)18-31-22-6-3-20-5-8-27-26(29(34)25(20)15-22)16-23(19-32-27)33-11-9-30(10-12-33)37-13-14-38-30/h3-8,15-17,19,31H,9-14,18H2,1-2H3. The lowest BCUT2D eigenvalue weighted by molar-refractivity contribution is -0.169. The molecule has 0 saturated carbocycles. The first kappa shape index (κ1) is 24.5. The van der Waals surface area contributed by atoms with Gasteiger partial charge in [-0.15, -0.1) is 0 Å². The maximum absolute atomic E-state index is 13.8. The molecule has 8 heteroatoms. The Kier molecular flexibility index (Phi) is 6.51. The van der Waals surface area contributed by atoms with Crippen LogP contribution in [-0.4, -0.2) is 51.3 Å². The van der Waals surface area contributed by atoms with E-state index < -0.39 is 5.79 Å². The van der Waals surface area contributed by atoms with Gasteiger partial charge in [0.05, 0.1) is 50.2 Å². The van der Waals surface area contributed by atoms with Crippen LogP contribution in [0.4, 0.5) is 11.4 Å². The summed E-state index contributed by atoms with van der Waals surface area (Å²) in [5.74, 6) is 1.04. The summed E-state index contributed by atoms with van der Waals surface area (Å²) in [7, 11) is 3.27. The van der Waals surface area contributed by atoms with Crippen LogP contribution in [0.1, 0.15) is 18.4 Å². The molecule has 38 heavy (non-hydrogen) atoms. The van der Waals surface area contributed by atoms with Gasteiger partial charge < -0.3 is 29.2 Å². The molecule has 2 aliphatic rings. The third-order valence-corrected chi connectivity index (χ3v) is 7.55. The molecule has 2 fully saturated rings. The third-order valence-electron chi connectivity index (χ3n) is 7.55. The highest BCUT2D eigenvalue weighted by molar-refractivity contribution is 5.94. The number of ether oxygens (including phenoxy) is 4. The molecule has 0 amide bonds. The number of fused-ring (bicyclic) bond motifs is 2. The number of nitrogens with zero attached hydrogens (tertiary/aromatic N) is 2. The average molecular weight is 514 g/mol. The van der Waals surface area contributed by atoms with Gasteiger partial charge in [0, 0.05) is 55.2 Å². The molecule has 3 heterocycles. The summed E-state index contributed by atoms with van der Waals surface area (Å²) in [5, 5.41) is 5.56. The zero-order chi connectivity index (χ0) is 26.1. The van der Waals surface area contributed by atoms with Gasteiger partial charge in [0.15, 0.2) is 11.2 Å². The number of hydrogen-bond donors (Lipinski definition) is 1. The second-order valence-electron chi connectivity index (χ2n) is 9.72. The van der Waals surface area contributed by atoms with Crippen LogP contribution in [0.3, 0.4) is 0 Å². The van der Waals surface area contributed by atoms with Gasteiger partial charge in [-0.25, -0.2) is 0 Å². The smallest absolute Gasteiger partial charge is 0.195 e. The Bertz CT molecular complexity index is 1540. The fourth-order valence-corrected chi connectivity index (χ4v) is 5.36. The topological polar surface area (TPSA) is 82.2 Å². The normalized spacial score (nSPS) is 16.7. The molecule has 1 N–H and O–H groups in total. The van der Waals surface area contributed by atoms with Crippen LogP contribution < -0.4 is 25.1 Å². The zero-order valence-electron chi connectivity index (χ0n) is 21.7. The number of piperidine rings is 1. The molecule has 4 aromatic rings. The fraction of sp³-hybridized carbons (Fsp3) is 0.333. The fourth-order valence-electron chi connectivity index (χ4n) is 5.36. The Morgan fingerprint density at radius 3 is 2.50 bits per heavy atom. The van der Waals surface area contributed by atoms with Crippen molar-refractivity contribution in [2.24, 2.45) is 0 Å². The number of benzene rings is 2. The van der Waals surface area contributed by atoms with Gasteiger partial charge in [-0.2, -0.15) is 0 Å². The second-order valence-corrected chi connectivity index (χ2v) is 9.72. The SMILES string of the molecule is COc1ccc(CNc2ccc3ccc4ncc(N5CCC6(CC5)OCCO6)cc4c(=O)c3c2)c(OC)c1. The quantitative estimate of drug-likeness (QED) is 0.397. The number of hydrogen-bond acceptors (Lipinski definition) is 8. The van der Waals surface area contributed by atoms with E-state index in [0.29, 0.717) is 36.0 Å². The van der Waals surface area contributed by atoms with Gasteiger partial charge in [-0.05, 0) is 41.8 Å². The van der Waals surface area contributed by atoms with Crippen molar-refractivity contribution in [2.75, 3.05) is 50.7 Å². The molecule has 0 aliphatic carbocycles. The highest BCUT2D eigenvalue weighted by Crippen LogP contribution is 2.33. The number of nitrogens with one attached hydrogen (secondary N) is 1. The predicted octanol–water partition coefficient (Wildman–Crippen LogP) is 4.72. The minimum atomic E-state index is -0.438. The van der Waals surface area contributed by atoms with Crippen LogP contribution >= 0.6 is 0 Å². The van der Waals surface area contributed by atoms with E-state index in [-0.39, 0.29) is 5.43 Å². The summed E-state index contributed by atoms with van der Waals surface area (Å²) in [4.78, 5) is 20.7. The molecular weight excluding hydrogens is 482 g/mol. The molecule has 8 nitrogen and oxygen atoms in total. The van der Waals surface area contributed by atoms with Crippen molar-refractivity contribution in [3.8, 4) is 11.5 Å². The summed E-state index contributed by atoms with van der Waals surface area (Å²) in [6.45, 7) is 3.45. The second kappa shape index (κ2) is 10.1. The average Bonchev–Trinajstić information content (AvgIpc) is 3.37. The number of pyridine rings is 1. The van der Waals surface area contributed by atoms with Crippen molar-refractivity contribution in [3.05, 3.63) is 76.6 Å². The van der Waals surface area contributed by atoms with E-state index in [2.05, 4.69) is 15.2 Å². The van der Waals surface area contributed by atoms with Crippen LogP contribution in [0.25, 0.3) is 21.7 Å². The molecule has 2 saturated heterocycles. The first-order valence-electron chi connectivity index (χ1n) is 12.9. The number of methoxy groups -OCH3 is 2. The summed E-state index contributed by atoms with van der Waals surface area (Å²) >= 11 is 0. The minimum absolute atomic E-state index is 0.0315. The molecule has 0 radical (unpaired) electrons. The summed E-state index contributed by atoms with van der Waals surface area (Å²) < 4.78 is 22.5. The van der Waals surface area contributed by atoms with Gasteiger partial charge in [-0.1, -0.05) is 12.1 Å². The largest absolute Gasteiger partial charge is 0.497 e. The van der Waals surface area contributed by atoms with Crippen LogP contribution in [0.5, 0.6) is 11.5 Å². The van der Waals surface area contributed by atoms with Gasteiger partial charge in [0.25, 0.3) is 0 Å². The molecule has 1 spiro atoms. The van der Waals surface area contributed by atoms with Crippen molar-refractivity contribution < 1.29 is 18.9 Å². The summed E-state index contributed by atoms with van der Waals surface area (Å²) in [5.41, 5.74) is 3.45. The lowest BCUT2D eigenvalue weighted by atomic mass is 10.0. The van der Waals surface area contributed by atoms with E-state index in [1.807, 2.05) is 60.8 Å². The number of anilines is 2. The molecule has 196 valence electrons. The third kappa shape index (κ3) is 4.61. The van der Waals surface area contributed by atoms with Crippen molar-refractivity contribution >= 4 is 33.1 Å². The first-order valence-corrected chi connectivity index (χ1v) is 12.9. The lowest BCUT2D eigenvalue weighted by Gasteiger charge is -2.38. The maximum atomic E-state index is 13.8. The van der Waals surface area contributed by atoms with Crippen LogP contribution in [0.2, 0.25) is 0 Å². The predicted molar refractivity (Wildman–Crippen MR) is 148 cm³/mol. The maximum Gasteiger partial charge on any atom is 0.195 e. The summed E-state index contributed by atoms with van der Waals surface area (Å²) in [6, 6.07) is 17.5. The van der Waals surface area contributed by atoms with Crippen molar-refractivity contribution in [1.82, 2.24) is 4.98 Å². The highest BCUT2D eigenvalue weighted by atomic mass is 16.7. The minimum Gasteiger partial charge on any atom is -0.497 e. The molecule has 0 bridgehead atoms. The van der Waals surface area contributed by atoms with E-state index in [4.69, 9.17) is 18.9 Å². The number of aromatic nitrogens is 1. The van der Waals surface area contributed by atoms with E-state index in [0.717, 1.165) is 59.8 Å². The highest BCUT2D eigenvalue weighted by Gasteiger charge is 2.39. The van der Waals surface area contributed by atoms with Gasteiger partial charge in [0.2, 0.25) is 0 Å². The van der Waals surface area contributed by atoms with Gasteiger partial charge >= 0.3 is 0 Å². The van der Waals surface area contributed by atoms with E-state index in [1.54, 1.807) is 14.2 Å². The molecule has 1 aromatic heterocycles. The zero-order valence-corrected chi connectivity index (χ0v) is 21.7. The first-order chi connectivity index (χ1) is 18.6. The Labute approximate surface area is 221 Å². The number of rotatable bonds is 6. The van der Waals surface area contributed by atoms with Crippen molar-refractivity contribution in [1.29, 1.82) is 0 Å². The Morgan fingerprint density at radius 1 is 0.947 bits per heavy atom. The van der Waals surface area contributed by atoms with Gasteiger partial charge in [-0.3, -0.25) is 9.78 Å². The lowest BCUT2D eigenvalue weighted by Crippen LogP contribution is -2.45. The molecule has 3 aromatic carbocycles. The van der Waals surface area contributed by atoms with E-state index in [1.165, 1.54) is 0 Å². The van der Waals surface area contributed by atoms with Crippen LogP contribution in [0.15, 0.2) is 65.6 Å². The molecule has 2 aliphatic heterocycles. The van der Waals surface area contributed by atoms with Crippen molar-refractivity contribution in [3.63, 3.8) is 0 Å². The Balaban J connectivity index is 1.29. The Hall–Kier alpha value is -3.88. The van der Waals surface area contributed by atoms with E-state index in [9.17, 15) is 4.79 Å².